The summed E-state index contributed by atoms with van der Waals surface area (Å²) >= 11 is 3.34. The number of anilines is 1. The first-order valence-corrected chi connectivity index (χ1v) is 8.80. The van der Waals surface area contributed by atoms with E-state index in [0.717, 1.165) is 33.8 Å². The first kappa shape index (κ1) is 14.5. The molecule has 0 saturated carbocycles. The van der Waals surface area contributed by atoms with Gasteiger partial charge in [-0.05, 0) is 24.3 Å². The molecule has 2 heterocycles. The van der Waals surface area contributed by atoms with Crippen molar-refractivity contribution in [2.24, 2.45) is 0 Å². The van der Waals surface area contributed by atoms with Crippen LogP contribution in [0.15, 0.2) is 18.2 Å². The molecule has 1 fully saturated rings. The number of carbonyl (C=O) groups is 1. The summed E-state index contributed by atoms with van der Waals surface area (Å²) in [6.45, 7) is 0. The molecule has 0 bridgehead atoms. The Morgan fingerprint density at radius 3 is 2.95 bits per heavy atom. The normalized spacial score (nSPS) is 18.1. The highest BCUT2D eigenvalue weighted by Crippen LogP contribution is 2.40. The van der Waals surface area contributed by atoms with Crippen LogP contribution in [0.2, 0.25) is 0 Å². The zero-order chi connectivity index (χ0) is 15.0. The molecule has 1 aromatic carbocycles. The van der Waals surface area contributed by atoms with E-state index in [2.05, 4.69) is 0 Å². The van der Waals surface area contributed by atoms with Gasteiger partial charge in [0.15, 0.2) is 0 Å². The molecule has 1 aliphatic rings. The van der Waals surface area contributed by atoms with Gasteiger partial charge >= 0.3 is 0 Å². The molecule has 6 heteroatoms. The Morgan fingerprint density at radius 1 is 1.48 bits per heavy atom. The van der Waals surface area contributed by atoms with E-state index >= 15 is 0 Å². The summed E-state index contributed by atoms with van der Waals surface area (Å²) in [6.07, 6.45) is 1.06. The second kappa shape index (κ2) is 5.77. The lowest BCUT2D eigenvalue weighted by Crippen LogP contribution is -2.36. The van der Waals surface area contributed by atoms with Gasteiger partial charge in [0.2, 0.25) is 0 Å². The lowest BCUT2D eigenvalue weighted by atomic mass is 10.2. The van der Waals surface area contributed by atoms with Gasteiger partial charge in [0.05, 0.1) is 18.2 Å². The summed E-state index contributed by atoms with van der Waals surface area (Å²) in [5, 5.41) is 0.850. The van der Waals surface area contributed by atoms with E-state index in [-0.39, 0.29) is 5.91 Å². The van der Waals surface area contributed by atoms with E-state index in [1.54, 1.807) is 7.11 Å². The van der Waals surface area contributed by atoms with Crippen LogP contribution in [0.5, 0.6) is 5.75 Å². The summed E-state index contributed by atoms with van der Waals surface area (Å²) < 4.78 is 6.35. The number of methoxy groups -OCH3 is 1. The van der Waals surface area contributed by atoms with Gasteiger partial charge in [-0.15, -0.1) is 11.3 Å². The zero-order valence-corrected chi connectivity index (χ0v) is 13.7. The average Bonchev–Trinajstić information content (AvgIpc) is 3.14. The van der Waals surface area contributed by atoms with Crippen LogP contribution in [-0.4, -0.2) is 42.5 Å². The summed E-state index contributed by atoms with van der Waals surface area (Å²) in [6, 6.07) is 6.08. The van der Waals surface area contributed by atoms with Crippen LogP contribution in [0.1, 0.15) is 16.1 Å². The van der Waals surface area contributed by atoms with Gasteiger partial charge in [-0.3, -0.25) is 4.79 Å². The van der Waals surface area contributed by atoms with E-state index in [1.807, 2.05) is 41.9 Å². The standard InChI is InChI=1S/C15H18N2O2S2/c1-17(9-6-7-20-8-9)15(18)14-13(16)12-10(19-2)4-3-5-11(12)21-14/h3-5,9H,6-8,16H2,1-2H3. The van der Waals surface area contributed by atoms with Crippen LogP contribution in [0, 0.1) is 0 Å². The number of rotatable bonds is 3. The Labute approximate surface area is 132 Å². The number of hydrogen-bond donors (Lipinski definition) is 1. The first-order valence-electron chi connectivity index (χ1n) is 6.83. The van der Waals surface area contributed by atoms with E-state index in [0.29, 0.717) is 16.6 Å². The smallest absolute Gasteiger partial charge is 0.266 e. The third-order valence-corrected chi connectivity index (χ3v) is 6.21. The van der Waals surface area contributed by atoms with Gasteiger partial charge < -0.3 is 15.4 Å². The maximum Gasteiger partial charge on any atom is 0.266 e. The molecular weight excluding hydrogens is 304 g/mol. The Kier molecular flexibility index (Phi) is 3.99. The van der Waals surface area contributed by atoms with Gasteiger partial charge in [0.25, 0.3) is 5.91 Å². The van der Waals surface area contributed by atoms with Crippen LogP contribution in [0.25, 0.3) is 10.1 Å². The van der Waals surface area contributed by atoms with Gasteiger partial charge in [-0.25, -0.2) is 0 Å². The van der Waals surface area contributed by atoms with Crippen molar-refractivity contribution >= 4 is 44.8 Å². The van der Waals surface area contributed by atoms with Crippen molar-refractivity contribution in [1.29, 1.82) is 0 Å². The monoisotopic (exact) mass is 322 g/mol. The van der Waals surface area contributed by atoms with E-state index < -0.39 is 0 Å². The van der Waals surface area contributed by atoms with Crippen molar-refractivity contribution in [3.8, 4) is 5.75 Å². The third kappa shape index (κ3) is 2.46. The van der Waals surface area contributed by atoms with Crippen molar-refractivity contribution < 1.29 is 9.53 Å². The number of thioether (sulfide) groups is 1. The topological polar surface area (TPSA) is 55.6 Å². The molecule has 1 atom stereocenters. The van der Waals surface area contributed by atoms with Gasteiger partial charge in [0, 0.05) is 23.5 Å². The third-order valence-electron chi connectivity index (χ3n) is 3.90. The van der Waals surface area contributed by atoms with Crippen molar-refractivity contribution in [3.63, 3.8) is 0 Å². The number of amides is 1. The molecule has 0 radical (unpaired) electrons. The van der Waals surface area contributed by atoms with Gasteiger partial charge in [-0.1, -0.05) is 6.07 Å². The molecular formula is C15H18N2O2S2. The molecule has 1 amide bonds. The maximum absolute atomic E-state index is 12.7. The number of hydrogen-bond acceptors (Lipinski definition) is 5. The summed E-state index contributed by atoms with van der Waals surface area (Å²) in [5.74, 6) is 2.87. The fraction of sp³-hybridized carbons (Fsp3) is 0.400. The van der Waals surface area contributed by atoms with Crippen LogP contribution in [0.4, 0.5) is 5.69 Å². The Bertz CT molecular complexity index is 678. The lowest BCUT2D eigenvalue weighted by molar-refractivity contribution is 0.0754. The van der Waals surface area contributed by atoms with E-state index in [1.165, 1.54) is 11.3 Å². The highest BCUT2D eigenvalue weighted by atomic mass is 32.2. The van der Waals surface area contributed by atoms with Crippen molar-refractivity contribution in [2.45, 2.75) is 12.5 Å². The minimum atomic E-state index is 0.0169. The second-order valence-corrected chi connectivity index (χ2v) is 7.31. The molecule has 1 aliphatic heterocycles. The predicted octanol–water partition coefficient (Wildman–Crippen LogP) is 3.07. The summed E-state index contributed by atoms with van der Waals surface area (Å²) in [5.41, 5.74) is 6.77. The Hall–Kier alpha value is -1.40. The summed E-state index contributed by atoms with van der Waals surface area (Å²) in [7, 11) is 3.50. The predicted molar refractivity (Wildman–Crippen MR) is 90.6 cm³/mol. The van der Waals surface area contributed by atoms with E-state index in [9.17, 15) is 4.79 Å². The lowest BCUT2D eigenvalue weighted by Gasteiger charge is -2.23. The number of thiophene rings is 1. The highest BCUT2D eigenvalue weighted by molar-refractivity contribution is 7.99. The maximum atomic E-state index is 12.7. The number of nitrogens with two attached hydrogens (primary N) is 1. The Balaban J connectivity index is 2.00. The van der Waals surface area contributed by atoms with Crippen LogP contribution in [-0.2, 0) is 0 Å². The van der Waals surface area contributed by atoms with Crippen molar-refractivity contribution in [3.05, 3.63) is 23.1 Å². The molecule has 0 aliphatic carbocycles. The van der Waals surface area contributed by atoms with Crippen LogP contribution in [0.3, 0.4) is 0 Å². The molecule has 0 spiro atoms. The largest absolute Gasteiger partial charge is 0.496 e. The molecule has 2 aromatic rings. The molecule has 112 valence electrons. The number of carbonyl (C=O) groups excluding carboxylic acids is 1. The fourth-order valence-electron chi connectivity index (χ4n) is 2.62. The fourth-order valence-corrected chi connectivity index (χ4v) is 5.01. The molecule has 1 unspecified atom stereocenters. The highest BCUT2D eigenvalue weighted by Gasteiger charge is 2.28. The SMILES string of the molecule is COc1cccc2sc(C(=O)N(C)C3CCSC3)c(N)c12. The summed E-state index contributed by atoms with van der Waals surface area (Å²) in [4.78, 5) is 15.2. The van der Waals surface area contributed by atoms with Gasteiger partial charge in [0.1, 0.15) is 10.6 Å². The minimum absolute atomic E-state index is 0.0169. The Morgan fingerprint density at radius 2 is 2.29 bits per heavy atom. The zero-order valence-electron chi connectivity index (χ0n) is 12.1. The van der Waals surface area contributed by atoms with Crippen LogP contribution < -0.4 is 10.5 Å². The second-order valence-electron chi connectivity index (χ2n) is 5.11. The van der Waals surface area contributed by atoms with Crippen molar-refractivity contribution in [2.75, 3.05) is 31.4 Å². The molecule has 21 heavy (non-hydrogen) atoms. The van der Waals surface area contributed by atoms with Crippen molar-refractivity contribution in [1.82, 2.24) is 4.90 Å². The number of nitrogens with zero attached hydrogens (tertiary/aromatic N) is 1. The molecule has 1 saturated heterocycles. The quantitative estimate of drug-likeness (QED) is 0.943. The number of ether oxygens (including phenoxy) is 1. The van der Waals surface area contributed by atoms with E-state index in [4.69, 9.17) is 10.5 Å². The molecule has 2 N–H and O–H groups in total. The molecule has 3 rings (SSSR count). The molecule has 1 aromatic heterocycles. The average molecular weight is 322 g/mol. The number of benzene rings is 1. The molecule has 4 nitrogen and oxygen atoms in total. The number of fused-ring (bicyclic) bond motifs is 1. The van der Waals surface area contributed by atoms with Gasteiger partial charge in [-0.2, -0.15) is 11.8 Å². The minimum Gasteiger partial charge on any atom is -0.496 e. The first-order chi connectivity index (χ1) is 10.1. The van der Waals surface area contributed by atoms with Crippen LogP contribution >= 0.6 is 23.1 Å². The number of nitrogen functional groups attached to an aromatic ring is 1.